The van der Waals surface area contributed by atoms with E-state index in [4.69, 9.17) is 33.7 Å². The summed E-state index contributed by atoms with van der Waals surface area (Å²) in [6, 6.07) is 7.09. The van der Waals surface area contributed by atoms with Gasteiger partial charge in [0.05, 0.1) is 22.7 Å². The molecule has 24 heavy (non-hydrogen) atoms. The van der Waals surface area contributed by atoms with E-state index in [1.807, 2.05) is 0 Å². The van der Waals surface area contributed by atoms with Crippen LogP contribution in [0, 0.1) is 0 Å². The SMILES string of the molecule is COC(=O)CN(c1ccc(Br)cc1)c1ncc(Cl)c(C(N)=O)c1Cl. The van der Waals surface area contributed by atoms with Crippen LogP contribution in [0.2, 0.25) is 10.0 Å². The number of carbonyl (C=O) groups excluding carboxylic acids is 2. The Morgan fingerprint density at radius 1 is 1.29 bits per heavy atom. The van der Waals surface area contributed by atoms with E-state index in [-0.39, 0.29) is 28.0 Å². The number of nitrogens with zero attached hydrogens (tertiary/aromatic N) is 2. The summed E-state index contributed by atoms with van der Waals surface area (Å²) < 4.78 is 5.57. The second kappa shape index (κ2) is 7.83. The highest BCUT2D eigenvalue weighted by molar-refractivity contribution is 9.10. The Hall–Kier alpha value is -1.83. The first-order chi connectivity index (χ1) is 11.3. The molecule has 0 saturated carbocycles. The molecule has 0 aliphatic heterocycles. The first kappa shape index (κ1) is 18.5. The van der Waals surface area contributed by atoms with E-state index in [1.54, 1.807) is 24.3 Å². The number of pyridine rings is 1. The van der Waals surface area contributed by atoms with Gasteiger partial charge >= 0.3 is 5.97 Å². The van der Waals surface area contributed by atoms with Crippen LogP contribution in [0.1, 0.15) is 10.4 Å². The van der Waals surface area contributed by atoms with Crippen molar-refractivity contribution in [3.8, 4) is 0 Å². The van der Waals surface area contributed by atoms with E-state index < -0.39 is 11.9 Å². The van der Waals surface area contributed by atoms with Crippen molar-refractivity contribution in [1.82, 2.24) is 4.98 Å². The molecule has 1 heterocycles. The zero-order valence-electron chi connectivity index (χ0n) is 12.4. The number of primary amides is 1. The Balaban J connectivity index is 2.59. The van der Waals surface area contributed by atoms with Crippen molar-refractivity contribution in [1.29, 1.82) is 0 Å². The lowest BCUT2D eigenvalue weighted by atomic mass is 10.2. The summed E-state index contributed by atoms with van der Waals surface area (Å²) in [7, 11) is 1.27. The van der Waals surface area contributed by atoms with E-state index in [9.17, 15) is 9.59 Å². The average molecular weight is 433 g/mol. The third-order valence-corrected chi connectivity index (χ3v) is 4.28. The standard InChI is InChI=1S/C15H12BrCl2N3O3/c1-24-11(22)7-21(9-4-2-8(16)3-5-9)15-13(18)12(14(19)23)10(17)6-20-15/h2-6H,7H2,1H3,(H2,19,23). The predicted molar refractivity (Wildman–Crippen MR) is 95.9 cm³/mol. The van der Waals surface area contributed by atoms with Crippen molar-refractivity contribution in [3.63, 3.8) is 0 Å². The number of anilines is 2. The summed E-state index contributed by atoms with van der Waals surface area (Å²) in [6.07, 6.45) is 1.26. The quantitative estimate of drug-likeness (QED) is 0.730. The maximum absolute atomic E-state index is 11.8. The molecule has 0 spiro atoms. The van der Waals surface area contributed by atoms with Gasteiger partial charge in [0.15, 0.2) is 5.82 Å². The number of methoxy groups -OCH3 is 1. The Kier molecular flexibility index (Phi) is 6.04. The summed E-state index contributed by atoms with van der Waals surface area (Å²) in [5.74, 6) is -1.13. The molecule has 2 N–H and O–H groups in total. The zero-order valence-corrected chi connectivity index (χ0v) is 15.5. The van der Waals surface area contributed by atoms with Crippen LogP contribution in [0.3, 0.4) is 0 Å². The van der Waals surface area contributed by atoms with E-state index in [0.29, 0.717) is 5.69 Å². The van der Waals surface area contributed by atoms with E-state index in [2.05, 4.69) is 20.9 Å². The minimum absolute atomic E-state index is 0.0325. The molecule has 0 radical (unpaired) electrons. The van der Waals surface area contributed by atoms with Crippen molar-refractivity contribution in [2.24, 2.45) is 5.73 Å². The Morgan fingerprint density at radius 2 is 1.92 bits per heavy atom. The summed E-state index contributed by atoms with van der Waals surface area (Å²) in [6.45, 7) is -0.162. The summed E-state index contributed by atoms with van der Waals surface area (Å²) in [4.78, 5) is 29.0. The van der Waals surface area contributed by atoms with Crippen molar-refractivity contribution in [2.75, 3.05) is 18.6 Å². The van der Waals surface area contributed by atoms with Crippen molar-refractivity contribution in [3.05, 3.63) is 50.5 Å². The number of esters is 1. The summed E-state index contributed by atoms with van der Waals surface area (Å²) in [5, 5.41) is -0.00750. The lowest BCUT2D eigenvalue weighted by Crippen LogP contribution is -2.28. The van der Waals surface area contributed by atoms with Crippen LogP contribution >= 0.6 is 39.1 Å². The molecule has 1 aromatic carbocycles. The van der Waals surface area contributed by atoms with Crippen molar-refractivity contribution in [2.45, 2.75) is 0 Å². The van der Waals surface area contributed by atoms with Gasteiger partial charge in [-0.3, -0.25) is 9.59 Å². The van der Waals surface area contributed by atoms with Crippen LogP contribution in [-0.2, 0) is 9.53 Å². The maximum Gasteiger partial charge on any atom is 0.325 e. The third kappa shape index (κ3) is 3.98. The smallest absolute Gasteiger partial charge is 0.325 e. The second-order valence-electron chi connectivity index (χ2n) is 4.62. The zero-order chi connectivity index (χ0) is 17.9. The fraction of sp³-hybridized carbons (Fsp3) is 0.133. The second-order valence-corrected chi connectivity index (χ2v) is 6.32. The molecule has 1 amide bonds. The lowest BCUT2D eigenvalue weighted by Gasteiger charge is -2.24. The highest BCUT2D eigenvalue weighted by Crippen LogP contribution is 2.35. The van der Waals surface area contributed by atoms with Crippen molar-refractivity contribution < 1.29 is 14.3 Å². The molecule has 0 aliphatic carbocycles. The molecule has 6 nitrogen and oxygen atoms in total. The summed E-state index contributed by atoms with van der Waals surface area (Å²) in [5.41, 5.74) is 5.88. The highest BCUT2D eigenvalue weighted by atomic mass is 79.9. The molecule has 0 bridgehead atoms. The van der Waals surface area contributed by atoms with Crippen LogP contribution in [0.25, 0.3) is 0 Å². The molecule has 2 rings (SSSR count). The number of halogens is 3. The molecule has 0 saturated heterocycles. The monoisotopic (exact) mass is 431 g/mol. The summed E-state index contributed by atoms with van der Waals surface area (Å²) >= 11 is 15.5. The molecule has 1 aromatic heterocycles. The molecular weight excluding hydrogens is 421 g/mol. The van der Waals surface area contributed by atoms with Gasteiger partial charge < -0.3 is 15.4 Å². The first-order valence-corrected chi connectivity index (χ1v) is 8.13. The van der Waals surface area contributed by atoms with E-state index >= 15 is 0 Å². The fourth-order valence-corrected chi connectivity index (χ4v) is 2.87. The lowest BCUT2D eigenvalue weighted by molar-refractivity contribution is -0.138. The average Bonchev–Trinajstić information content (AvgIpc) is 2.53. The largest absolute Gasteiger partial charge is 0.468 e. The van der Waals surface area contributed by atoms with Crippen LogP contribution in [0.15, 0.2) is 34.9 Å². The van der Waals surface area contributed by atoms with Gasteiger partial charge in [-0.2, -0.15) is 0 Å². The number of ether oxygens (including phenoxy) is 1. The number of carbonyl (C=O) groups is 2. The number of hydrogen-bond donors (Lipinski definition) is 1. The number of benzene rings is 1. The Labute approximate surface area is 156 Å². The Morgan fingerprint density at radius 3 is 2.46 bits per heavy atom. The van der Waals surface area contributed by atoms with Crippen LogP contribution in [0.4, 0.5) is 11.5 Å². The molecule has 126 valence electrons. The molecule has 0 atom stereocenters. The van der Waals surface area contributed by atoms with Gasteiger partial charge in [0.1, 0.15) is 6.54 Å². The topological polar surface area (TPSA) is 85.5 Å². The number of hydrogen-bond acceptors (Lipinski definition) is 5. The van der Waals surface area contributed by atoms with Gasteiger partial charge in [-0.15, -0.1) is 0 Å². The number of aromatic nitrogens is 1. The third-order valence-electron chi connectivity index (χ3n) is 3.11. The van der Waals surface area contributed by atoms with Crippen molar-refractivity contribution >= 4 is 62.5 Å². The number of rotatable bonds is 5. The fourth-order valence-electron chi connectivity index (χ4n) is 1.97. The van der Waals surface area contributed by atoms with E-state index in [0.717, 1.165) is 4.47 Å². The molecule has 0 aliphatic rings. The molecule has 2 aromatic rings. The van der Waals surface area contributed by atoms with Crippen LogP contribution < -0.4 is 10.6 Å². The molecule has 0 unspecified atom stereocenters. The Bertz CT molecular complexity index is 784. The minimum atomic E-state index is -0.789. The predicted octanol–water partition coefficient (Wildman–Crippen LogP) is 3.56. The van der Waals surface area contributed by atoms with Crippen LogP contribution in [-0.4, -0.2) is 30.5 Å². The van der Waals surface area contributed by atoms with Gasteiger partial charge in [0.2, 0.25) is 0 Å². The van der Waals surface area contributed by atoms with E-state index in [1.165, 1.54) is 18.2 Å². The molecular formula is C15H12BrCl2N3O3. The molecule has 9 heteroatoms. The van der Waals surface area contributed by atoms with Gasteiger partial charge in [-0.05, 0) is 24.3 Å². The van der Waals surface area contributed by atoms with Gasteiger partial charge in [0.25, 0.3) is 5.91 Å². The minimum Gasteiger partial charge on any atom is -0.468 e. The molecule has 0 fully saturated rings. The number of nitrogens with two attached hydrogens (primary N) is 1. The number of amides is 1. The highest BCUT2D eigenvalue weighted by Gasteiger charge is 2.23. The van der Waals surface area contributed by atoms with Crippen LogP contribution in [0.5, 0.6) is 0 Å². The first-order valence-electron chi connectivity index (χ1n) is 6.59. The normalized spacial score (nSPS) is 10.3. The maximum atomic E-state index is 11.8. The van der Waals surface area contributed by atoms with Gasteiger partial charge in [-0.1, -0.05) is 39.1 Å². The van der Waals surface area contributed by atoms with Gasteiger partial charge in [-0.25, -0.2) is 4.98 Å². The van der Waals surface area contributed by atoms with Gasteiger partial charge in [0, 0.05) is 16.4 Å².